The van der Waals surface area contributed by atoms with E-state index in [2.05, 4.69) is 4.74 Å². The van der Waals surface area contributed by atoms with Gasteiger partial charge in [0.05, 0.1) is 16.7 Å². The van der Waals surface area contributed by atoms with Crippen LogP contribution in [0.15, 0.2) is 18.2 Å². The highest BCUT2D eigenvalue weighted by molar-refractivity contribution is 6.42. The molecular formula is C11H10Cl2F4O2. The van der Waals surface area contributed by atoms with Gasteiger partial charge in [-0.15, -0.1) is 0 Å². The molecule has 1 rings (SSSR count). The van der Waals surface area contributed by atoms with Crippen LogP contribution in [0.25, 0.3) is 0 Å². The Morgan fingerprint density at radius 1 is 1.21 bits per heavy atom. The lowest BCUT2D eigenvalue weighted by molar-refractivity contribution is -0.170. The minimum atomic E-state index is -4.24. The Labute approximate surface area is 116 Å². The Hall–Kier alpha value is -0.560. The van der Waals surface area contributed by atoms with E-state index in [9.17, 15) is 22.7 Å². The van der Waals surface area contributed by atoms with E-state index in [1.54, 1.807) is 0 Å². The zero-order valence-electron chi connectivity index (χ0n) is 9.42. The third-order valence-electron chi connectivity index (χ3n) is 2.22. The number of aliphatic hydroxyl groups is 1. The molecule has 108 valence electrons. The minimum absolute atomic E-state index is 0.177. The van der Waals surface area contributed by atoms with Crippen molar-refractivity contribution in [3.63, 3.8) is 0 Å². The van der Waals surface area contributed by atoms with Gasteiger partial charge < -0.3 is 9.84 Å². The van der Waals surface area contributed by atoms with Crippen molar-refractivity contribution in [2.24, 2.45) is 0 Å². The maximum absolute atomic E-state index is 12.5. The molecule has 0 amide bonds. The van der Waals surface area contributed by atoms with Crippen LogP contribution in [0.4, 0.5) is 17.6 Å². The van der Waals surface area contributed by atoms with E-state index in [1.807, 2.05) is 0 Å². The van der Waals surface area contributed by atoms with Crippen molar-refractivity contribution < 1.29 is 27.4 Å². The van der Waals surface area contributed by atoms with Crippen LogP contribution in [-0.2, 0) is 4.74 Å². The number of ether oxygens (including phenoxy) is 1. The highest BCUT2D eigenvalue weighted by atomic mass is 35.5. The lowest BCUT2D eigenvalue weighted by Crippen LogP contribution is -2.33. The number of alkyl halides is 4. The van der Waals surface area contributed by atoms with Gasteiger partial charge >= 0.3 is 12.3 Å². The smallest absolute Gasteiger partial charge is 0.330 e. The predicted molar refractivity (Wildman–Crippen MR) is 63.2 cm³/mol. The second kappa shape index (κ2) is 6.74. The van der Waals surface area contributed by atoms with Gasteiger partial charge in [-0.25, -0.2) is 8.78 Å². The molecule has 0 aliphatic heterocycles. The molecule has 0 aliphatic carbocycles. The zero-order chi connectivity index (χ0) is 14.6. The van der Waals surface area contributed by atoms with E-state index in [-0.39, 0.29) is 15.6 Å². The fraction of sp³-hybridized carbons (Fsp3) is 0.455. The van der Waals surface area contributed by atoms with Crippen molar-refractivity contribution in [1.82, 2.24) is 0 Å². The summed E-state index contributed by atoms with van der Waals surface area (Å²) >= 11 is 11.4. The lowest BCUT2D eigenvalue weighted by atomic mass is 10.1. The molecule has 1 atom stereocenters. The predicted octanol–water partition coefficient (Wildman–Crippen LogP) is 3.94. The maximum atomic E-state index is 12.5. The lowest BCUT2D eigenvalue weighted by Gasteiger charge is -2.17. The molecule has 0 fully saturated rings. The highest BCUT2D eigenvalue weighted by Crippen LogP contribution is 2.27. The first-order chi connectivity index (χ1) is 8.74. The summed E-state index contributed by atoms with van der Waals surface area (Å²) in [6.45, 7) is -2.02. The molecule has 0 saturated carbocycles. The van der Waals surface area contributed by atoms with Crippen LogP contribution in [0, 0.1) is 0 Å². The van der Waals surface area contributed by atoms with Crippen LogP contribution >= 0.6 is 23.2 Å². The monoisotopic (exact) mass is 320 g/mol. The normalized spacial score (nSPS) is 13.9. The van der Waals surface area contributed by atoms with Gasteiger partial charge in [-0.2, -0.15) is 8.78 Å². The van der Waals surface area contributed by atoms with Crippen LogP contribution in [0.3, 0.4) is 0 Å². The molecule has 1 N–H and O–H groups in total. The van der Waals surface area contributed by atoms with Crippen molar-refractivity contribution in [2.75, 3.05) is 13.2 Å². The van der Waals surface area contributed by atoms with Crippen LogP contribution < -0.4 is 0 Å². The molecule has 0 spiro atoms. The minimum Gasteiger partial charge on any atom is -0.386 e. The zero-order valence-corrected chi connectivity index (χ0v) is 10.9. The summed E-state index contributed by atoms with van der Waals surface area (Å²) in [5.74, 6) is -4.24. The molecule has 0 aliphatic rings. The molecule has 0 aromatic heterocycles. The second-order valence-electron chi connectivity index (χ2n) is 3.77. The fourth-order valence-corrected chi connectivity index (χ4v) is 1.49. The van der Waals surface area contributed by atoms with E-state index < -0.39 is 31.7 Å². The van der Waals surface area contributed by atoms with E-state index >= 15 is 0 Å². The Kier molecular flexibility index (Phi) is 5.85. The van der Waals surface area contributed by atoms with Gasteiger partial charge in [0.2, 0.25) is 0 Å². The summed E-state index contributed by atoms with van der Waals surface area (Å²) in [4.78, 5) is 0. The molecule has 19 heavy (non-hydrogen) atoms. The third kappa shape index (κ3) is 4.80. The molecule has 0 heterocycles. The first kappa shape index (κ1) is 16.5. The average molecular weight is 321 g/mol. The van der Waals surface area contributed by atoms with E-state index in [4.69, 9.17) is 23.2 Å². The molecule has 1 aromatic rings. The van der Waals surface area contributed by atoms with Crippen LogP contribution in [0.5, 0.6) is 0 Å². The molecule has 0 saturated heterocycles. The first-order valence-corrected chi connectivity index (χ1v) is 5.86. The molecule has 2 nitrogen and oxygen atoms in total. The van der Waals surface area contributed by atoms with Crippen molar-refractivity contribution in [1.29, 1.82) is 0 Å². The Morgan fingerprint density at radius 2 is 1.84 bits per heavy atom. The third-order valence-corrected chi connectivity index (χ3v) is 2.96. The van der Waals surface area contributed by atoms with E-state index in [0.29, 0.717) is 0 Å². The van der Waals surface area contributed by atoms with Crippen LogP contribution in [0.2, 0.25) is 10.0 Å². The Bertz CT molecular complexity index is 429. The van der Waals surface area contributed by atoms with E-state index in [1.165, 1.54) is 18.2 Å². The number of hydrogen-bond acceptors (Lipinski definition) is 2. The standard InChI is InChI=1S/C11H10Cl2F4O2/c12-7-2-1-6(3-8(7)13)9(18)4-19-5-11(16,17)10(14)15/h1-3,9-10,18H,4-5H2. The number of aliphatic hydroxyl groups excluding tert-OH is 1. The topological polar surface area (TPSA) is 29.5 Å². The first-order valence-electron chi connectivity index (χ1n) is 5.11. The van der Waals surface area contributed by atoms with Crippen molar-refractivity contribution >= 4 is 23.2 Å². The van der Waals surface area contributed by atoms with Gasteiger partial charge in [-0.05, 0) is 17.7 Å². The summed E-state index contributed by atoms with van der Waals surface area (Å²) in [6, 6.07) is 4.17. The Morgan fingerprint density at radius 3 is 2.37 bits per heavy atom. The summed E-state index contributed by atoms with van der Waals surface area (Å²) in [5, 5.41) is 10.1. The van der Waals surface area contributed by atoms with E-state index in [0.717, 1.165) is 0 Å². The summed E-state index contributed by atoms with van der Waals surface area (Å²) in [5.41, 5.74) is 0.287. The van der Waals surface area contributed by atoms with Crippen LogP contribution in [-0.4, -0.2) is 30.7 Å². The largest absolute Gasteiger partial charge is 0.386 e. The molecular weight excluding hydrogens is 311 g/mol. The highest BCUT2D eigenvalue weighted by Gasteiger charge is 2.41. The number of halogens is 6. The van der Waals surface area contributed by atoms with Gasteiger partial charge in [-0.3, -0.25) is 0 Å². The Balaban J connectivity index is 2.52. The van der Waals surface area contributed by atoms with Gasteiger partial charge in [-0.1, -0.05) is 29.3 Å². The van der Waals surface area contributed by atoms with Gasteiger partial charge in [0.15, 0.2) is 0 Å². The number of rotatable bonds is 6. The average Bonchev–Trinajstić information content (AvgIpc) is 2.32. The second-order valence-corrected chi connectivity index (χ2v) is 4.58. The number of hydrogen-bond donors (Lipinski definition) is 1. The summed E-state index contributed by atoms with van der Waals surface area (Å²) in [7, 11) is 0. The summed E-state index contributed by atoms with van der Waals surface area (Å²) in [6.07, 6.45) is -5.07. The maximum Gasteiger partial charge on any atom is 0.330 e. The van der Waals surface area contributed by atoms with Crippen molar-refractivity contribution in [3.8, 4) is 0 Å². The number of benzene rings is 1. The van der Waals surface area contributed by atoms with Crippen molar-refractivity contribution in [2.45, 2.75) is 18.5 Å². The quantitative estimate of drug-likeness (QED) is 0.804. The fourth-order valence-electron chi connectivity index (χ4n) is 1.19. The summed E-state index contributed by atoms with van der Waals surface area (Å²) < 4.78 is 53.1. The van der Waals surface area contributed by atoms with Gasteiger partial charge in [0, 0.05) is 0 Å². The SMILES string of the molecule is OC(COCC(F)(F)C(F)F)c1ccc(Cl)c(Cl)c1. The van der Waals surface area contributed by atoms with Gasteiger partial charge in [0.1, 0.15) is 12.7 Å². The molecule has 1 aromatic carbocycles. The molecule has 8 heteroatoms. The van der Waals surface area contributed by atoms with Crippen LogP contribution in [0.1, 0.15) is 11.7 Å². The molecule has 0 radical (unpaired) electrons. The van der Waals surface area contributed by atoms with Gasteiger partial charge in [0.25, 0.3) is 0 Å². The van der Waals surface area contributed by atoms with Crippen molar-refractivity contribution in [3.05, 3.63) is 33.8 Å². The molecule has 0 bridgehead atoms. The molecule has 1 unspecified atom stereocenters.